The first-order valence-electron chi connectivity index (χ1n) is 10.1. The van der Waals surface area contributed by atoms with Crippen LogP contribution in [0.4, 0.5) is 15.8 Å². The van der Waals surface area contributed by atoms with Gasteiger partial charge in [0, 0.05) is 37.6 Å². The van der Waals surface area contributed by atoms with Crippen LogP contribution < -0.4 is 10.2 Å². The Balaban J connectivity index is 1.29. The van der Waals surface area contributed by atoms with Crippen LogP contribution in [0.5, 0.6) is 0 Å². The lowest BCUT2D eigenvalue weighted by atomic mass is 10.1. The number of aryl methyl sites for hydroxylation is 1. The highest BCUT2D eigenvalue weighted by Gasteiger charge is 2.49. The minimum Gasteiger partial charge on any atom is -0.368 e. The third-order valence-electron chi connectivity index (χ3n) is 6.09. The molecule has 29 heavy (non-hydrogen) atoms. The minimum atomic E-state index is -0.249. The summed E-state index contributed by atoms with van der Waals surface area (Å²) in [6.45, 7) is 6.67. The van der Waals surface area contributed by atoms with E-state index >= 15 is 0 Å². The predicted molar refractivity (Wildman–Crippen MR) is 111 cm³/mol. The highest BCUT2D eigenvalue weighted by molar-refractivity contribution is 6.00. The maximum absolute atomic E-state index is 13.1. The zero-order valence-corrected chi connectivity index (χ0v) is 16.8. The molecule has 6 heteroatoms. The fraction of sp³-hybridized carbons (Fsp3) is 0.391. The molecule has 4 rings (SSSR count). The van der Waals surface area contributed by atoms with Crippen molar-refractivity contribution in [3.8, 4) is 0 Å². The SMILES string of the molecule is Cc1cccc(NC(=O)C2CC2C(=O)N2CCN(c3ccc(F)cc3)CC2)c1C. The second kappa shape index (κ2) is 7.85. The quantitative estimate of drug-likeness (QED) is 0.864. The monoisotopic (exact) mass is 395 g/mol. The van der Waals surface area contributed by atoms with Gasteiger partial charge in [-0.25, -0.2) is 4.39 Å². The molecular weight excluding hydrogens is 369 g/mol. The fourth-order valence-corrected chi connectivity index (χ4v) is 3.94. The Hall–Kier alpha value is -2.89. The van der Waals surface area contributed by atoms with Gasteiger partial charge >= 0.3 is 0 Å². The van der Waals surface area contributed by atoms with E-state index in [4.69, 9.17) is 0 Å². The zero-order valence-electron chi connectivity index (χ0n) is 16.8. The highest BCUT2D eigenvalue weighted by atomic mass is 19.1. The van der Waals surface area contributed by atoms with Gasteiger partial charge in [-0.3, -0.25) is 9.59 Å². The summed E-state index contributed by atoms with van der Waals surface area (Å²) in [6, 6.07) is 12.3. The average Bonchev–Trinajstić information content (AvgIpc) is 3.53. The molecule has 152 valence electrons. The number of carbonyl (C=O) groups excluding carboxylic acids is 2. The van der Waals surface area contributed by atoms with E-state index in [-0.39, 0.29) is 29.5 Å². The van der Waals surface area contributed by atoms with E-state index in [0.717, 1.165) is 22.5 Å². The van der Waals surface area contributed by atoms with Gasteiger partial charge in [0.15, 0.2) is 0 Å². The Morgan fingerprint density at radius 3 is 2.34 bits per heavy atom. The lowest BCUT2D eigenvalue weighted by Crippen LogP contribution is -2.49. The van der Waals surface area contributed by atoms with E-state index in [1.165, 1.54) is 12.1 Å². The van der Waals surface area contributed by atoms with Crippen LogP contribution in [-0.4, -0.2) is 42.9 Å². The van der Waals surface area contributed by atoms with Gasteiger partial charge < -0.3 is 15.1 Å². The number of nitrogens with one attached hydrogen (secondary N) is 1. The van der Waals surface area contributed by atoms with Gasteiger partial charge in [-0.05, 0) is 61.7 Å². The molecule has 1 N–H and O–H groups in total. The molecule has 0 bridgehead atoms. The highest BCUT2D eigenvalue weighted by Crippen LogP contribution is 2.41. The van der Waals surface area contributed by atoms with Crippen molar-refractivity contribution in [2.24, 2.45) is 11.8 Å². The normalized spacial score (nSPS) is 21.1. The Kier molecular flexibility index (Phi) is 5.26. The Morgan fingerprint density at radius 1 is 0.966 bits per heavy atom. The molecule has 2 aromatic rings. The molecule has 1 heterocycles. The summed E-state index contributed by atoms with van der Waals surface area (Å²) in [5.74, 6) is -0.691. The molecule has 0 radical (unpaired) electrons. The van der Waals surface area contributed by atoms with E-state index in [1.807, 2.05) is 36.9 Å². The van der Waals surface area contributed by atoms with Gasteiger partial charge in [0.1, 0.15) is 5.82 Å². The summed E-state index contributed by atoms with van der Waals surface area (Å²) in [5, 5.41) is 2.99. The lowest BCUT2D eigenvalue weighted by Gasteiger charge is -2.36. The summed E-state index contributed by atoms with van der Waals surface area (Å²) >= 11 is 0. The topological polar surface area (TPSA) is 52.7 Å². The number of halogens is 1. The predicted octanol–water partition coefficient (Wildman–Crippen LogP) is 3.37. The van der Waals surface area contributed by atoms with Crippen LogP contribution in [-0.2, 0) is 9.59 Å². The summed E-state index contributed by atoms with van der Waals surface area (Å²) in [7, 11) is 0. The number of benzene rings is 2. The zero-order chi connectivity index (χ0) is 20.5. The molecule has 2 aromatic carbocycles. The van der Waals surface area contributed by atoms with Crippen molar-refractivity contribution in [2.75, 3.05) is 36.4 Å². The van der Waals surface area contributed by atoms with Crippen molar-refractivity contribution >= 4 is 23.2 Å². The molecule has 2 atom stereocenters. The number of piperazine rings is 1. The molecule has 1 saturated heterocycles. The maximum atomic E-state index is 13.1. The second-order valence-corrected chi connectivity index (χ2v) is 7.97. The molecule has 1 aliphatic heterocycles. The standard InChI is InChI=1S/C23H26FN3O2/c1-15-4-3-5-21(16(15)2)25-22(28)19-14-20(19)23(29)27-12-10-26(11-13-27)18-8-6-17(24)7-9-18/h3-9,19-20H,10-14H2,1-2H3,(H,25,28). The van der Waals surface area contributed by atoms with Crippen LogP contribution >= 0.6 is 0 Å². The number of nitrogens with zero attached hydrogens (tertiary/aromatic N) is 2. The molecule has 2 unspecified atom stereocenters. The molecule has 5 nitrogen and oxygen atoms in total. The first-order chi connectivity index (χ1) is 13.9. The third-order valence-corrected chi connectivity index (χ3v) is 6.09. The van der Waals surface area contributed by atoms with E-state index in [2.05, 4.69) is 10.2 Å². The number of rotatable bonds is 4. The summed E-state index contributed by atoms with van der Waals surface area (Å²) in [4.78, 5) is 29.4. The van der Waals surface area contributed by atoms with Gasteiger partial charge in [-0.1, -0.05) is 12.1 Å². The lowest BCUT2D eigenvalue weighted by molar-refractivity contribution is -0.134. The van der Waals surface area contributed by atoms with E-state index in [0.29, 0.717) is 32.6 Å². The number of hydrogen-bond acceptors (Lipinski definition) is 3. The van der Waals surface area contributed by atoms with Crippen molar-refractivity contribution in [1.82, 2.24) is 4.90 Å². The van der Waals surface area contributed by atoms with E-state index in [1.54, 1.807) is 12.1 Å². The molecule has 2 fully saturated rings. The summed E-state index contributed by atoms with van der Waals surface area (Å²) in [5.41, 5.74) is 3.98. The van der Waals surface area contributed by atoms with E-state index < -0.39 is 0 Å². The number of anilines is 2. The molecular formula is C23H26FN3O2. The summed E-state index contributed by atoms with van der Waals surface area (Å²) < 4.78 is 13.1. The maximum Gasteiger partial charge on any atom is 0.228 e. The average molecular weight is 395 g/mol. The minimum absolute atomic E-state index is 0.0676. The second-order valence-electron chi connectivity index (χ2n) is 7.97. The fourth-order valence-electron chi connectivity index (χ4n) is 3.94. The van der Waals surface area contributed by atoms with Crippen LogP contribution in [0, 0.1) is 31.5 Å². The molecule has 0 aromatic heterocycles. The molecule has 1 aliphatic carbocycles. The first kappa shape index (κ1) is 19.4. The van der Waals surface area contributed by atoms with Crippen LogP contribution in [0.3, 0.4) is 0 Å². The van der Waals surface area contributed by atoms with Gasteiger partial charge in [0.05, 0.1) is 11.8 Å². The molecule has 2 aliphatic rings. The van der Waals surface area contributed by atoms with Crippen molar-refractivity contribution in [1.29, 1.82) is 0 Å². The van der Waals surface area contributed by atoms with Gasteiger partial charge in [0.2, 0.25) is 11.8 Å². The molecule has 1 saturated carbocycles. The van der Waals surface area contributed by atoms with Crippen molar-refractivity contribution < 1.29 is 14.0 Å². The smallest absolute Gasteiger partial charge is 0.228 e. The van der Waals surface area contributed by atoms with Gasteiger partial charge in [-0.2, -0.15) is 0 Å². The van der Waals surface area contributed by atoms with Crippen LogP contribution in [0.2, 0.25) is 0 Å². The van der Waals surface area contributed by atoms with Crippen LogP contribution in [0.15, 0.2) is 42.5 Å². The summed E-state index contributed by atoms with van der Waals surface area (Å²) in [6.07, 6.45) is 0.619. The molecule has 0 spiro atoms. The van der Waals surface area contributed by atoms with Crippen LogP contribution in [0.25, 0.3) is 0 Å². The first-order valence-corrected chi connectivity index (χ1v) is 10.1. The Morgan fingerprint density at radius 2 is 1.66 bits per heavy atom. The Bertz CT molecular complexity index is 920. The van der Waals surface area contributed by atoms with E-state index in [9.17, 15) is 14.0 Å². The largest absolute Gasteiger partial charge is 0.368 e. The molecule has 2 amide bonds. The van der Waals surface area contributed by atoms with Crippen molar-refractivity contribution in [3.63, 3.8) is 0 Å². The van der Waals surface area contributed by atoms with Crippen molar-refractivity contribution in [3.05, 3.63) is 59.4 Å². The van der Waals surface area contributed by atoms with Crippen molar-refractivity contribution in [2.45, 2.75) is 20.3 Å². The van der Waals surface area contributed by atoms with Gasteiger partial charge in [-0.15, -0.1) is 0 Å². The Labute approximate surface area is 170 Å². The number of carbonyl (C=O) groups is 2. The number of hydrogen-bond donors (Lipinski definition) is 1. The van der Waals surface area contributed by atoms with Gasteiger partial charge in [0.25, 0.3) is 0 Å². The number of amides is 2. The van der Waals surface area contributed by atoms with Crippen LogP contribution in [0.1, 0.15) is 17.5 Å². The third kappa shape index (κ3) is 4.11.